The van der Waals surface area contributed by atoms with Gasteiger partial charge in [0.2, 0.25) is 0 Å². The Kier molecular flexibility index (Phi) is 1.26. The van der Waals surface area contributed by atoms with Crippen molar-refractivity contribution < 1.29 is 5.11 Å². The van der Waals surface area contributed by atoms with Crippen LogP contribution in [0.15, 0.2) is 0 Å². The Morgan fingerprint density at radius 1 is 1.27 bits per heavy atom. The second-order valence-electron chi connectivity index (χ2n) is 5.23. The summed E-state index contributed by atoms with van der Waals surface area (Å²) in [7, 11) is 0. The minimum absolute atomic E-state index is 0.0405. The van der Waals surface area contributed by atoms with E-state index in [0.29, 0.717) is 11.3 Å². The fourth-order valence-electron chi connectivity index (χ4n) is 3.09. The summed E-state index contributed by atoms with van der Waals surface area (Å²) < 4.78 is 0. The number of hydrogen-bond acceptors (Lipinski definition) is 1. The standard InChI is InChI=1S/C10H18O/c1-9(2)8(11)7-4-5-10(9,3)6-7/h7-8,11H,4-6H2,1-3H3/t7-,8-,10-/m1/s1. The van der Waals surface area contributed by atoms with Crippen LogP contribution < -0.4 is 0 Å². The van der Waals surface area contributed by atoms with Crippen LogP contribution >= 0.6 is 0 Å². The Hall–Kier alpha value is -0.0400. The van der Waals surface area contributed by atoms with E-state index in [2.05, 4.69) is 20.8 Å². The summed E-state index contributed by atoms with van der Waals surface area (Å²) in [4.78, 5) is 0. The maximum Gasteiger partial charge on any atom is 0.0624 e. The first-order valence-electron chi connectivity index (χ1n) is 4.65. The molecule has 3 atom stereocenters. The molecule has 1 nitrogen and oxygen atoms in total. The molecule has 0 spiro atoms. The van der Waals surface area contributed by atoms with Gasteiger partial charge in [0, 0.05) is 0 Å². The van der Waals surface area contributed by atoms with Gasteiger partial charge in [-0.15, -0.1) is 0 Å². The number of hydrogen-bond donors (Lipinski definition) is 1. The zero-order chi connectivity index (χ0) is 8.28. The largest absolute Gasteiger partial charge is 0.392 e. The van der Waals surface area contributed by atoms with E-state index in [4.69, 9.17) is 0 Å². The van der Waals surface area contributed by atoms with Gasteiger partial charge < -0.3 is 5.11 Å². The molecule has 0 aromatic carbocycles. The van der Waals surface area contributed by atoms with Gasteiger partial charge in [0.25, 0.3) is 0 Å². The molecule has 0 heterocycles. The van der Waals surface area contributed by atoms with Crippen LogP contribution in [0.5, 0.6) is 0 Å². The SMILES string of the molecule is CC1(C)[C@H](O)[C@@H]2CC[C@]1(C)C2. The van der Waals surface area contributed by atoms with Gasteiger partial charge in [-0.2, -0.15) is 0 Å². The highest BCUT2D eigenvalue weighted by Gasteiger charge is 2.59. The summed E-state index contributed by atoms with van der Waals surface area (Å²) in [6.45, 7) is 6.77. The summed E-state index contributed by atoms with van der Waals surface area (Å²) in [6, 6.07) is 0. The molecule has 2 rings (SSSR count). The summed E-state index contributed by atoms with van der Waals surface area (Å²) in [5, 5.41) is 9.91. The van der Waals surface area contributed by atoms with E-state index in [-0.39, 0.29) is 11.5 Å². The highest BCUT2D eigenvalue weighted by atomic mass is 16.3. The number of fused-ring (bicyclic) bond motifs is 2. The summed E-state index contributed by atoms with van der Waals surface area (Å²) in [5.41, 5.74) is 0.590. The summed E-state index contributed by atoms with van der Waals surface area (Å²) in [5.74, 6) is 0.606. The van der Waals surface area contributed by atoms with Crippen molar-refractivity contribution in [2.24, 2.45) is 16.7 Å². The lowest BCUT2D eigenvalue weighted by atomic mass is 9.65. The second-order valence-corrected chi connectivity index (χ2v) is 5.23. The summed E-state index contributed by atoms with van der Waals surface area (Å²) in [6.07, 6.45) is 3.78. The van der Waals surface area contributed by atoms with E-state index >= 15 is 0 Å². The minimum Gasteiger partial charge on any atom is -0.392 e. The van der Waals surface area contributed by atoms with Crippen molar-refractivity contribution in [3.8, 4) is 0 Å². The fourth-order valence-corrected chi connectivity index (χ4v) is 3.09. The minimum atomic E-state index is -0.0405. The first kappa shape index (κ1) is 7.60. The zero-order valence-corrected chi connectivity index (χ0v) is 7.72. The third kappa shape index (κ3) is 0.703. The number of aliphatic hydroxyl groups is 1. The molecule has 2 aliphatic carbocycles. The van der Waals surface area contributed by atoms with Gasteiger partial charge in [-0.1, -0.05) is 20.8 Å². The van der Waals surface area contributed by atoms with Crippen LogP contribution in [0, 0.1) is 16.7 Å². The normalized spacial score (nSPS) is 53.5. The van der Waals surface area contributed by atoms with E-state index in [0.717, 1.165) is 0 Å². The molecule has 2 aliphatic rings. The molecule has 0 unspecified atom stereocenters. The average molecular weight is 154 g/mol. The number of aliphatic hydroxyl groups excluding tert-OH is 1. The molecule has 0 aromatic rings. The lowest BCUT2D eigenvalue weighted by molar-refractivity contribution is -0.0302. The van der Waals surface area contributed by atoms with Crippen molar-refractivity contribution in [3.05, 3.63) is 0 Å². The topological polar surface area (TPSA) is 20.2 Å². The molecule has 1 heteroatoms. The smallest absolute Gasteiger partial charge is 0.0624 e. The van der Waals surface area contributed by atoms with Gasteiger partial charge in [-0.05, 0) is 36.0 Å². The predicted octanol–water partition coefficient (Wildman–Crippen LogP) is 2.19. The highest BCUT2D eigenvalue weighted by molar-refractivity contribution is 5.09. The first-order valence-corrected chi connectivity index (χ1v) is 4.65. The van der Waals surface area contributed by atoms with Crippen molar-refractivity contribution in [3.63, 3.8) is 0 Å². The van der Waals surface area contributed by atoms with Gasteiger partial charge in [0.15, 0.2) is 0 Å². The molecule has 11 heavy (non-hydrogen) atoms. The average Bonchev–Trinajstić information content (AvgIpc) is 2.36. The van der Waals surface area contributed by atoms with E-state index in [1.165, 1.54) is 19.3 Å². The molecule has 2 fully saturated rings. The fraction of sp³-hybridized carbons (Fsp3) is 1.00. The molecular weight excluding hydrogens is 136 g/mol. The van der Waals surface area contributed by atoms with Crippen LogP contribution in [-0.2, 0) is 0 Å². The van der Waals surface area contributed by atoms with Crippen LogP contribution in [0.4, 0.5) is 0 Å². The Labute approximate surface area is 68.8 Å². The lowest BCUT2D eigenvalue weighted by Crippen LogP contribution is -2.40. The van der Waals surface area contributed by atoms with E-state index < -0.39 is 0 Å². The molecule has 64 valence electrons. The Balaban J connectivity index is 2.36. The molecule has 0 saturated heterocycles. The third-order valence-electron chi connectivity index (χ3n) is 4.52. The molecule has 0 aromatic heterocycles. The molecule has 2 bridgehead atoms. The molecule has 0 aliphatic heterocycles. The van der Waals surface area contributed by atoms with Gasteiger partial charge in [0.05, 0.1) is 6.10 Å². The lowest BCUT2D eigenvalue weighted by Gasteiger charge is -2.42. The van der Waals surface area contributed by atoms with Crippen LogP contribution in [0.2, 0.25) is 0 Å². The van der Waals surface area contributed by atoms with Crippen molar-refractivity contribution >= 4 is 0 Å². The van der Waals surface area contributed by atoms with Gasteiger partial charge in [0.1, 0.15) is 0 Å². The van der Waals surface area contributed by atoms with Gasteiger partial charge in [-0.25, -0.2) is 0 Å². The van der Waals surface area contributed by atoms with Crippen LogP contribution in [0.25, 0.3) is 0 Å². The van der Waals surface area contributed by atoms with Crippen molar-refractivity contribution in [1.82, 2.24) is 0 Å². The van der Waals surface area contributed by atoms with E-state index in [9.17, 15) is 5.11 Å². The second kappa shape index (κ2) is 1.82. The van der Waals surface area contributed by atoms with Crippen molar-refractivity contribution in [1.29, 1.82) is 0 Å². The van der Waals surface area contributed by atoms with Crippen molar-refractivity contribution in [2.75, 3.05) is 0 Å². The van der Waals surface area contributed by atoms with E-state index in [1.807, 2.05) is 0 Å². The first-order chi connectivity index (χ1) is 4.97. The summed E-state index contributed by atoms with van der Waals surface area (Å²) >= 11 is 0. The maximum absolute atomic E-state index is 9.91. The van der Waals surface area contributed by atoms with Crippen LogP contribution in [0.1, 0.15) is 40.0 Å². The third-order valence-corrected chi connectivity index (χ3v) is 4.52. The monoisotopic (exact) mass is 154 g/mol. The Morgan fingerprint density at radius 2 is 1.91 bits per heavy atom. The van der Waals surface area contributed by atoms with E-state index in [1.54, 1.807) is 0 Å². The maximum atomic E-state index is 9.91. The van der Waals surface area contributed by atoms with Crippen molar-refractivity contribution in [2.45, 2.75) is 46.1 Å². The Bertz CT molecular complexity index is 183. The van der Waals surface area contributed by atoms with Crippen LogP contribution in [-0.4, -0.2) is 11.2 Å². The molecule has 0 radical (unpaired) electrons. The van der Waals surface area contributed by atoms with Gasteiger partial charge >= 0.3 is 0 Å². The highest BCUT2D eigenvalue weighted by Crippen LogP contribution is 2.63. The molecule has 2 saturated carbocycles. The Morgan fingerprint density at radius 3 is 2.18 bits per heavy atom. The molecular formula is C10H18O. The number of rotatable bonds is 0. The zero-order valence-electron chi connectivity index (χ0n) is 7.72. The van der Waals surface area contributed by atoms with Gasteiger partial charge in [-0.3, -0.25) is 0 Å². The quantitative estimate of drug-likeness (QED) is 0.567. The van der Waals surface area contributed by atoms with Crippen LogP contribution in [0.3, 0.4) is 0 Å². The predicted molar refractivity (Wildman–Crippen MR) is 45.2 cm³/mol. The molecule has 0 amide bonds. The molecule has 1 N–H and O–H groups in total.